The fourth-order valence-corrected chi connectivity index (χ4v) is 4.58. The number of piperidine rings is 1. The molecule has 0 radical (unpaired) electrons. The summed E-state index contributed by atoms with van der Waals surface area (Å²) in [5.41, 5.74) is 1.64. The highest BCUT2D eigenvalue weighted by atomic mass is 19.1. The first-order valence-corrected chi connectivity index (χ1v) is 13.3. The largest absolute Gasteiger partial charge is 0.497 e. The number of carbonyl (C=O) groups is 1. The number of aromatic nitrogens is 4. The maximum Gasteiger partial charge on any atom is 0.410 e. The van der Waals surface area contributed by atoms with Gasteiger partial charge >= 0.3 is 6.09 Å². The van der Waals surface area contributed by atoms with Crippen LogP contribution in [-0.4, -0.2) is 62.2 Å². The Bertz CT molecular complexity index is 1480. The molecule has 0 spiro atoms. The van der Waals surface area contributed by atoms with Gasteiger partial charge in [0.1, 0.15) is 40.1 Å². The fraction of sp³-hybridized carbons (Fsp3) is 0.379. The van der Waals surface area contributed by atoms with Gasteiger partial charge < -0.3 is 25.0 Å². The predicted molar refractivity (Wildman–Crippen MR) is 151 cm³/mol. The number of hydrogen-bond acceptors (Lipinski definition) is 8. The molecule has 4 heterocycles. The highest BCUT2D eigenvalue weighted by Crippen LogP contribution is 2.25. The van der Waals surface area contributed by atoms with Crippen LogP contribution in [0.4, 0.5) is 20.8 Å². The summed E-state index contributed by atoms with van der Waals surface area (Å²) in [6, 6.07) is 12.6. The van der Waals surface area contributed by atoms with E-state index in [9.17, 15) is 9.18 Å². The van der Waals surface area contributed by atoms with E-state index in [2.05, 4.69) is 15.6 Å². The molecular formula is C29H34FN7O3. The van der Waals surface area contributed by atoms with Crippen LogP contribution in [0.2, 0.25) is 0 Å². The molecule has 1 saturated heterocycles. The number of anilines is 2. The Morgan fingerprint density at radius 3 is 2.65 bits per heavy atom. The molecule has 11 heteroatoms. The van der Waals surface area contributed by atoms with Gasteiger partial charge in [-0.15, -0.1) is 0 Å². The molecule has 3 aromatic heterocycles. The number of pyridine rings is 1. The van der Waals surface area contributed by atoms with E-state index in [1.807, 2.05) is 51.1 Å². The van der Waals surface area contributed by atoms with Crippen LogP contribution in [0.5, 0.6) is 5.75 Å². The Balaban J connectivity index is 1.41. The number of halogens is 1. The van der Waals surface area contributed by atoms with Crippen LogP contribution in [-0.2, 0) is 11.3 Å². The monoisotopic (exact) mass is 547 g/mol. The second-order valence-corrected chi connectivity index (χ2v) is 10.8. The minimum atomic E-state index is -0.559. The van der Waals surface area contributed by atoms with Crippen LogP contribution in [0.25, 0.3) is 17.2 Å². The highest BCUT2D eigenvalue weighted by molar-refractivity contribution is 5.68. The molecule has 1 amide bonds. The molecule has 0 bridgehead atoms. The van der Waals surface area contributed by atoms with Crippen LogP contribution in [0.15, 0.2) is 54.9 Å². The van der Waals surface area contributed by atoms with E-state index in [0.29, 0.717) is 48.4 Å². The number of methoxy groups -OCH3 is 1. The van der Waals surface area contributed by atoms with Crippen LogP contribution < -0.4 is 15.4 Å². The fourth-order valence-electron chi connectivity index (χ4n) is 4.58. The number of imidazole rings is 1. The van der Waals surface area contributed by atoms with Crippen molar-refractivity contribution in [3.63, 3.8) is 0 Å². The molecule has 1 fully saturated rings. The molecule has 1 atom stereocenters. The van der Waals surface area contributed by atoms with Crippen LogP contribution in [0.1, 0.15) is 39.2 Å². The number of rotatable bonds is 7. The number of ether oxygens (including phenoxy) is 2. The Labute approximate surface area is 232 Å². The Hall–Kier alpha value is -4.41. The molecule has 40 heavy (non-hydrogen) atoms. The Kier molecular flexibility index (Phi) is 7.72. The molecule has 1 aliphatic rings. The van der Waals surface area contributed by atoms with Crippen molar-refractivity contribution in [3.05, 3.63) is 66.2 Å². The van der Waals surface area contributed by atoms with E-state index in [0.717, 1.165) is 24.2 Å². The third-order valence-corrected chi connectivity index (χ3v) is 6.48. The molecule has 210 valence electrons. The van der Waals surface area contributed by atoms with E-state index < -0.39 is 5.60 Å². The van der Waals surface area contributed by atoms with Crippen LogP contribution >= 0.6 is 0 Å². The SMILES string of the molecule is COc1ccc(CNc2cc(NC3CCCN(C(=O)OC(C)(C)C)C3)nc(-c3cnc4ccc(F)cn34)n2)cc1. The number of benzene rings is 1. The summed E-state index contributed by atoms with van der Waals surface area (Å²) in [7, 11) is 1.63. The zero-order valence-electron chi connectivity index (χ0n) is 23.1. The van der Waals surface area contributed by atoms with Crippen molar-refractivity contribution in [2.45, 2.75) is 51.8 Å². The molecule has 0 aliphatic carbocycles. The number of carbonyl (C=O) groups excluding carboxylic acids is 1. The number of fused-ring (bicyclic) bond motifs is 1. The third-order valence-electron chi connectivity index (χ3n) is 6.48. The quantitative estimate of drug-likeness (QED) is 0.319. The first-order chi connectivity index (χ1) is 19.2. The number of amides is 1. The second kappa shape index (κ2) is 11.4. The van der Waals surface area contributed by atoms with E-state index in [1.54, 1.807) is 28.7 Å². The molecule has 1 aliphatic heterocycles. The van der Waals surface area contributed by atoms with Gasteiger partial charge in [0.15, 0.2) is 5.82 Å². The zero-order chi connectivity index (χ0) is 28.3. The van der Waals surface area contributed by atoms with Crippen LogP contribution in [0, 0.1) is 5.82 Å². The summed E-state index contributed by atoms with van der Waals surface area (Å²) >= 11 is 0. The summed E-state index contributed by atoms with van der Waals surface area (Å²) in [5.74, 6) is 1.97. The van der Waals surface area contributed by atoms with Crippen molar-refractivity contribution < 1.29 is 18.7 Å². The smallest absolute Gasteiger partial charge is 0.410 e. The maximum atomic E-state index is 14.1. The zero-order valence-corrected chi connectivity index (χ0v) is 23.1. The number of likely N-dealkylation sites (tertiary alicyclic amines) is 1. The van der Waals surface area contributed by atoms with Crippen molar-refractivity contribution in [1.82, 2.24) is 24.3 Å². The molecule has 10 nitrogen and oxygen atoms in total. The molecule has 0 saturated carbocycles. The van der Waals surface area contributed by atoms with Gasteiger partial charge in [0.2, 0.25) is 0 Å². The van der Waals surface area contributed by atoms with Gasteiger partial charge in [0, 0.05) is 37.9 Å². The summed E-state index contributed by atoms with van der Waals surface area (Å²) in [6.07, 6.45) is 4.38. The number of hydrogen-bond donors (Lipinski definition) is 2. The molecule has 4 aromatic rings. The van der Waals surface area contributed by atoms with Gasteiger partial charge in [0.05, 0.1) is 13.3 Å². The van der Waals surface area contributed by atoms with Crippen LogP contribution in [0.3, 0.4) is 0 Å². The molecule has 5 rings (SSSR count). The molecule has 1 aromatic carbocycles. The number of nitrogens with one attached hydrogen (secondary N) is 2. The minimum Gasteiger partial charge on any atom is -0.497 e. The minimum absolute atomic E-state index is 0.0296. The van der Waals surface area contributed by atoms with Gasteiger partial charge in [-0.25, -0.2) is 24.1 Å². The lowest BCUT2D eigenvalue weighted by atomic mass is 10.1. The average Bonchev–Trinajstić information content (AvgIpc) is 3.34. The topological polar surface area (TPSA) is 106 Å². The highest BCUT2D eigenvalue weighted by Gasteiger charge is 2.28. The molecular weight excluding hydrogens is 513 g/mol. The van der Waals surface area contributed by atoms with Gasteiger partial charge in [-0.05, 0) is 63.4 Å². The van der Waals surface area contributed by atoms with Crippen molar-refractivity contribution in [2.24, 2.45) is 0 Å². The summed E-state index contributed by atoms with van der Waals surface area (Å²) in [6.45, 7) is 7.24. The molecule has 1 unspecified atom stereocenters. The van der Waals surface area contributed by atoms with Crippen molar-refractivity contribution >= 4 is 23.4 Å². The lowest BCUT2D eigenvalue weighted by Gasteiger charge is -2.34. The summed E-state index contributed by atoms with van der Waals surface area (Å²) in [5, 5.41) is 6.85. The molecule has 2 N–H and O–H groups in total. The van der Waals surface area contributed by atoms with Gasteiger partial charge in [-0.3, -0.25) is 4.40 Å². The Morgan fingerprint density at radius 2 is 1.90 bits per heavy atom. The summed E-state index contributed by atoms with van der Waals surface area (Å²) < 4.78 is 26.5. The lowest BCUT2D eigenvalue weighted by molar-refractivity contribution is 0.0206. The van der Waals surface area contributed by atoms with Crippen molar-refractivity contribution in [2.75, 3.05) is 30.8 Å². The first kappa shape index (κ1) is 27.2. The van der Waals surface area contributed by atoms with Gasteiger partial charge in [0.25, 0.3) is 0 Å². The third kappa shape index (κ3) is 6.59. The Morgan fingerprint density at radius 1 is 1.12 bits per heavy atom. The first-order valence-electron chi connectivity index (χ1n) is 13.3. The number of nitrogens with zero attached hydrogens (tertiary/aromatic N) is 5. The van der Waals surface area contributed by atoms with E-state index in [1.165, 1.54) is 12.3 Å². The van der Waals surface area contributed by atoms with Gasteiger partial charge in [-0.1, -0.05) is 12.1 Å². The van der Waals surface area contributed by atoms with Crippen molar-refractivity contribution in [3.8, 4) is 17.3 Å². The van der Waals surface area contributed by atoms with E-state index in [4.69, 9.17) is 19.4 Å². The summed E-state index contributed by atoms with van der Waals surface area (Å²) in [4.78, 5) is 28.3. The second-order valence-electron chi connectivity index (χ2n) is 10.8. The van der Waals surface area contributed by atoms with E-state index in [-0.39, 0.29) is 18.0 Å². The average molecular weight is 548 g/mol. The predicted octanol–water partition coefficient (Wildman–Crippen LogP) is 5.36. The van der Waals surface area contributed by atoms with Gasteiger partial charge in [-0.2, -0.15) is 0 Å². The lowest BCUT2D eigenvalue weighted by Crippen LogP contribution is -2.47. The normalized spacial score (nSPS) is 15.6. The maximum absolute atomic E-state index is 14.1. The standard InChI is InChI=1S/C29H34FN7O3/c1-29(2,3)40-28(38)36-13-5-6-21(18-36)33-25-14-24(31-15-19-7-10-22(39-4)11-8-19)34-27(35-25)23-16-32-26-12-9-20(30)17-37(23)26/h7-12,14,16-17,21H,5-6,13,15,18H2,1-4H3,(H2,31,33,34,35). The van der Waals surface area contributed by atoms with E-state index >= 15 is 0 Å². The van der Waals surface area contributed by atoms with Crippen molar-refractivity contribution in [1.29, 1.82) is 0 Å².